The largest absolute Gasteiger partial charge is 0.300 e. The van der Waals surface area contributed by atoms with Crippen LogP contribution in [0, 0.1) is 0 Å². The van der Waals surface area contributed by atoms with Gasteiger partial charge in [0.15, 0.2) is 5.65 Å². The molecule has 1 saturated carbocycles. The van der Waals surface area contributed by atoms with E-state index in [1.807, 2.05) is 23.0 Å². The van der Waals surface area contributed by atoms with Crippen molar-refractivity contribution in [2.75, 3.05) is 0 Å². The zero-order valence-electron chi connectivity index (χ0n) is 10.6. The average Bonchev–Trinajstić information content (AvgIpc) is 2.81. The van der Waals surface area contributed by atoms with Crippen molar-refractivity contribution in [2.45, 2.75) is 44.9 Å². The van der Waals surface area contributed by atoms with Gasteiger partial charge in [0, 0.05) is 36.2 Å². The summed E-state index contributed by atoms with van der Waals surface area (Å²) in [7, 11) is 0. The fraction of sp³-hybridized carbons (Fsp3) is 0.500. The highest BCUT2D eigenvalue weighted by molar-refractivity contribution is 5.79. The van der Waals surface area contributed by atoms with Crippen molar-refractivity contribution in [3.05, 3.63) is 29.7 Å². The Morgan fingerprint density at radius 3 is 2.89 bits per heavy atom. The third-order valence-corrected chi connectivity index (χ3v) is 3.81. The molecule has 18 heavy (non-hydrogen) atoms. The van der Waals surface area contributed by atoms with Crippen molar-refractivity contribution >= 4 is 11.4 Å². The normalized spacial score (nSPS) is 17.5. The van der Waals surface area contributed by atoms with Crippen LogP contribution in [0.15, 0.2) is 18.5 Å². The van der Waals surface area contributed by atoms with Gasteiger partial charge in [-0.2, -0.15) is 5.10 Å². The maximum absolute atomic E-state index is 11.3. The van der Waals surface area contributed by atoms with Gasteiger partial charge in [-0.15, -0.1) is 0 Å². The molecule has 4 nitrogen and oxygen atoms in total. The van der Waals surface area contributed by atoms with E-state index in [0.29, 0.717) is 24.5 Å². The number of hydrogen-bond donors (Lipinski definition) is 0. The molecule has 1 aliphatic rings. The number of fused-ring (bicyclic) bond motifs is 1. The number of carbonyl (C=O) groups excluding carboxylic acids is 1. The Morgan fingerprint density at radius 2 is 2.17 bits per heavy atom. The van der Waals surface area contributed by atoms with Gasteiger partial charge in [-0.1, -0.05) is 6.92 Å². The Balaban J connectivity index is 1.94. The molecule has 94 valence electrons. The molecule has 0 spiro atoms. The molecule has 2 aromatic rings. The summed E-state index contributed by atoms with van der Waals surface area (Å²) in [5.41, 5.74) is 3.26. The minimum atomic E-state index is 0.394. The predicted octanol–water partition coefficient (Wildman–Crippen LogP) is 2.52. The Labute approximate surface area is 106 Å². The molecule has 1 fully saturated rings. The third kappa shape index (κ3) is 1.92. The van der Waals surface area contributed by atoms with Gasteiger partial charge in [0.25, 0.3) is 0 Å². The van der Waals surface area contributed by atoms with E-state index >= 15 is 0 Å². The van der Waals surface area contributed by atoms with Crippen molar-refractivity contribution in [1.29, 1.82) is 0 Å². The van der Waals surface area contributed by atoms with Gasteiger partial charge in [0.2, 0.25) is 0 Å². The molecule has 4 heteroatoms. The summed E-state index contributed by atoms with van der Waals surface area (Å²) in [6.07, 6.45) is 8.11. The molecule has 0 aliphatic heterocycles. The number of rotatable bonds is 2. The van der Waals surface area contributed by atoms with Crippen LogP contribution in [0.3, 0.4) is 0 Å². The van der Waals surface area contributed by atoms with E-state index in [9.17, 15) is 4.79 Å². The highest BCUT2D eigenvalue weighted by Crippen LogP contribution is 2.30. The maximum atomic E-state index is 11.3. The fourth-order valence-electron chi connectivity index (χ4n) is 2.64. The molecular formula is C14H17N3O. The molecule has 0 N–H and O–H groups in total. The molecule has 3 rings (SSSR count). The molecule has 0 amide bonds. The predicted molar refractivity (Wildman–Crippen MR) is 68.6 cm³/mol. The quantitative estimate of drug-likeness (QED) is 0.814. The van der Waals surface area contributed by atoms with Crippen molar-refractivity contribution in [2.24, 2.45) is 0 Å². The van der Waals surface area contributed by atoms with E-state index in [2.05, 4.69) is 12.0 Å². The number of carbonyl (C=O) groups is 1. The van der Waals surface area contributed by atoms with Crippen molar-refractivity contribution < 1.29 is 4.79 Å². The monoisotopic (exact) mass is 243 g/mol. The molecule has 1 aliphatic carbocycles. The van der Waals surface area contributed by atoms with Crippen molar-refractivity contribution in [3.63, 3.8) is 0 Å². The SMILES string of the molecule is CCc1cnn2ccc(C3CCC(=O)CC3)nc12. The summed E-state index contributed by atoms with van der Waals surface area (Å²) in [6, 6.07) is 2.04. The van der Waals surface area contributed by atoms with Crippen LogP contribution in [0.2, 0.25) is 0 Å². The Bertz CT molecular complexity index is 578. The van der Waals surface area contributed by atoms with E-state index in [1.54, 1.807) is 0 Å². The number of aromatic nitrogens is 3. The number of ketones is 1. The lowest BCUT2D eigenvalue weighted by Gasteiger charge is -2.20. The summed E-state index contributed by atoms with van der Waals surface area (Å²) >= 11 is 0. The number of hydrogen-bond acceptors (Lipinski definition) is 3. The highest BCUT2D eigenvalue weighted by Gasteiger charge is 2.21. The van der Waals surface area contributed by atoms with Gasteiger partial charge in [-0.05, 0) is 25.3 Å². The molecule has 0 bridgehead atoms. The molecule has 0 aromatic carbocycles. The van der Waals surface area contributed by atoms with Crippen LogP contribution in [0.5, 0.6) is 0 Å². The lowest BCUT2D eigenvalue weighted by Crippen LogP contribution is -2.13. The van der Waals surface area contributed by atoms with Gasteiger partial charge in [-0.3, -0.25) is 4.79 Å². The lowest BCUT2D eigenvalue weighted by molar-refractivity contribution is -0.120. The summed E-state index contributed by atoms with van der Waals surface area (Å²) < 4.78 is 1.83. The zero-order valence-corrected chi connectivity index (χ0v) is 10.6. The minimum absolute atomic E-state index is 0.394. The Hall–Kier alpha value is -1.71. The van der Waals surface area contributed by atoms with E-state index in [-0.39, 0.29) is 0 Å². The summed E-state index contributed by atoms with van der Waals surface area (Å²) in [4.78, 5) is 16.0. The second-order valence-electron chi connectivity index (χ2n) is 4.96. The first-order valence-corrected chi connectivity index (χ1v) is 6.62. The van der Waals surface area contributed by atoms with E-state index < -0.39 is 0 Å². The van der Waals surface area contributed by atoms with Crippen LogP contribution in [0.1, 0.15) is 49.8 Å². The maximum Gasteiger partial charge on any atom is 0.158 e. The molecule has 0 atom stereocenters. The van der Waals surface area contributed by atoms with Crippen molar-refractivity contribution in [1.82, 2.24) is 14.6 Å². The zero-order chi connectivity index (χ0) is 12.5. The first-order chi connectivity index (χ1) is 8.78. The van der Waals surface area contributed by atoms with Crippen LogP contribution < -0.4 is 0 Å². The topological polar surface area (TPSA) is 47.3 Å². The van der Waals surface area contributed by atoms with Gasteiger partial charge in [0.05, 0.1) is 6.20 Å². The van der Waals surface area contributed by atoms with Crippen LogP contribution in [-0.4, -0.2) is 20.4 Å². The lowest BCUT2D eigenvalue weighted by atomic mass is 9.86. The van der Waals surface area contributed by atoms with E-state index in [0.717, 1.165) is 30.6 Å². The van der Waals surface area contributed by atoms with E-state index in [1.165, 1.54) is 5.56 Å². The number of aryl methyl sites for hydroxylation is 1. The second kappa shape index (κ2) is 4.52. The Kier molecular flexibility index (Phi) is 2.86. The molecule has 2 aromatic heterocycles. The summed E-state index contributed by atoms with van der Waals surface area (Å²) in [5, 5.41) is 4.29. The van der Waals surface area contributed by atoms with Crippen LogP contribution in [-0.2, 0) is 11.2 Å². The molecule has 0 unspecified atom stereocenters. The first kappa shape index (κ1) is 11.4. The third-order valence-electron chi connectivity index (χ3n) is 3.81. The standard InChI is InChI=1S/C14H17N3O/c1-2-10-9-15-17-8-7-13(16-14(10)17)11-3-5-12(18)6-4-11/h7-9,11H,2-6H2,1H3. The molecule has 0 radical (unpaired) electrons. The Morgan fingerprint density at radius 1 is 1.39 bits per heavy atom. The highest BCUT2D eigenvalue weighted by atomic mass is 16.1. The smallest absolute Gasteiger partial charge is 0.158 e. The minimum Gasteiger partial charge on any atom is -0.300 e. The van der Waals surface area contributed by atoms with Crippen LogP contribution >= 0.6 is 0 Å². The van der Waals surface area contributed by atoms with Crippen molar-refractivity contribution in [3.8, 4) is 0 Å². The molecule has 2 heterocycles. The van der Waals surface area contributed by atoms with Crippen LogP contribution in [0.25, 0.3) is 5.65 Å². The number of Topliss-reactive ketones (excluding diaryl/α,β-unsaturated/α-hetero) is 1. The molecule has 0 saturated heterocycles. The summed E-state index contributed by atoms with van der Waals surface area (Å²) in [6.45, 7) is 2.12. The molecular weight excluding hydrogens is 226 g/mol. The van der Waals surface area contributed by atoms with E-state index in [4.69, 9.17) is 4.98 Å². The average molecular weight is 243 g/mol. The van der Waals surface area contributed by atoms with Gasteiger partial charge >= 0.3 is 0 Å². The first-order valence-electron chi connectivity index (χ1n) is 6.62. The van der Waals surface area contributed by atoms with Crippen LogP contribution in [0.4, 0.5) is 0 Å². The second-order valence-corrected chi connectivity index (χ2v) is 4.96. The summed E-state index contributed by atoms with van der Waals surface area (Å²) in [5.74, 6) is 0.832. The van der Waals surface area contributed by atoms with Gasteiger partial charge < -0.3 is 0 Å². The number of nitrogens with zero attached hydrogens (tertiary/aromatic N) is 3. The fourth-order valence-corrected chi connectivity index (χ4v) is 2.64. The van der Waals surface area contributed by atoms with Gasteiger partial charge in [-0.25, -0.2) is 9.50 Å². The van der Waals surface area contributed by atoms with Gasteiger partial charge in [0.1, 0.15) is 5.78 Å².